The lowest BCUT2D eigenvalue weighted by Crippen LogP contribution is -2.48. The smallest absolute Gasteiger partial charge is 0.308 e. The molecule has 61 heavy (non-hydrogen) atoms. The topological polar surface area (TPSA) is 83.5 Å². The Morgan fingerprint density at radius 1 is 0.885 bits per heavy atom. The molecule has 1 aromatic carbocycles. The Morgan fingerprint density at radius 2 is 1.48 bits per heavy atom. The van der Waals surface area contributed by atoms with E-state index in [1.807, 2.05) is 12.1 Å². The first-order chi connectivity index (χ1) is 28.5. The van der Waals surface area contributed by atoms with Crippen LogP contribution in [0.4, 0.5) is 0 Å². The second-order valence-corrected chi connectivity index (χ2v) is 32.7. The predicted molar refractivity (Wildman–Crippen MR) is 265 cm³/mol. The van der Waals surface area contributed by atoms with E-state index >= 15 is 0 Å². The molecule has 8 atom stereocenters. The molecule has 0 saturated heterocycles. The van der Waals surface area contributed by atoms with Crippen molar-refractivity contribution in [2.24, 2.45) is 35.5 Å². The number of halogens is 1. The summed E-state index contributed by atoms with van der Waals surface area (Å²) in [6.07, 6.45) is 13.0. The summed E-state index contributed by atoms with van der Waals surface area (Å²) in [5.41, 5.74) is 2.67. The molecule has 0 unspecified atom stereocenters. The highest BCUT2D eigenvalue weighted by Gasteiger charge is 2.45. The van der Waals surface area contributed by atoms with Crippen molar-refractivity contribution in [1.29, 1.82) is 0 Å². The fraction of sp³-hybridized carbons (Fsp3) is 0.784. The summed E-state index contributed by atoms with van der Waals surface area (Å²) >= 11 is 3.82. The van der Waals surface area contributed by atoms with E-state index in [2.05, 4.69) is 149 Å². The van der Waals surface area contributed by atoms with Crippen molar-refractivity contribution in [1.82, 2.24) is 0 Å². The first-order valence-corrected chi connectivity index (χ1v) is 29.6. The van der Waals surface area contributed by atoms with Crippen LogP contribution in [0.3, 0.4) is 0 Å². The highest BCUT2D eigenvalue weighted by atomic mass is 79.9. The van der Waals surface area contributed by atoms with E-state index in [9.17, 15) is 9.90 Å². The number of aliphatic hydroxyl groups is 1. The SMILES string of the molecule is COc1ccc(COC[C@@H]2CCC[C@H]2[C@H](C/C=C/C=C(\Br)CO[Si](C(C)C)(C(C)C)C(C)C)OC(=O)C[C@H](O[Si](C)(C)C(C)(C)C)[C@@H](C)C[C@@H](C)C[C@@H](C)C[C@H](C)CO)cc1. The molecule has 2 rings (SSSR count). The average molecular weight is 952 g/mol. The van der Waals surface area contributed by atoms with Gasteiger partial charge in [0.15, 0.2) is 8.32 Å². The fourth-order valence-electron chi connectivity index (χ4n) is 9.97. The molecule has 1 aliphatic rings. The maximum Gasteiger partial charge on any atom is 0.308 e. The number of methoxy groups -OCH3 is 1. The van der Waals surface area contributed by atoms with Gasteiger partial charge in [0.25, 0.3) is 0 Å². The van der Waals surface area contributed by atoms with Crippen LogP contribution in [-0.4, -0.2) is 66.8 Å². The summed E-state index contributed by atoms with van der Waals surface area (Å²) < 4.78 is 33.3. The number of benzene rings is 1. The fourth-order valence-corrected chi connectivity index (χ4v) is 17.3. The van der Waals surface area contributed by atoms with Gasteiger partial charge in [0.2, 0.25) is 8.32 Å². The standard InChI is InChI=1S/C51H91BrO7Si2/c1-36(2)61(37(3)4,38(5)6)57-35-45(52)21-17-18-23-48(47-22-19-20-44(47)34-56-33-43-24-26-46(55-14)27-25-43)58-50(54)31-49(59-60(15,16)51(11,12)13)42(10)30-40(8)28-39(7)29-41(9)32-53/h17-18,21,24-27,36-42,44,47-49,53H,19-20,22-23,28-35H2,1-16H3/b18-17+,45-21-/t39-,40+,41+,42+,44+,47-,48+,49+/m1/s1. The minimum absolute atomic E-state index is 0.0144. The van der Waals surface area contributed by atoms with Crippen molar-refractivity contribution in [2.45, 2.75) is 195 Å². The van der Waals surface area contributed by atoms with E-state index < -0.39 is 16.6 Å². The number of esters is 1. The van der Waals surface area contributed by atoms with Gasteiger partial charge < -0.3 is 28.2 Å². The quantitative estimate of drug-likeness (QED) is 0.0509. The third-order valence-corrected chi connectivity index (χ3v) is 25.2. The molecule has 0 amide bonds. The minimum Gasteiger partial charge on any atom is -0.497 e. The number of ether oxygens (including phenoxy) is 3. The number of carbonyl (C=O) groups excluding carboxylic acids is 1. The average Bonchev–Trinajstić information content (AvgIpc) is 3.63. The Hall–Kier alpha value is -1.28. The molecule has 1 N–H and O–H groups in total. The second-order valence-electron chi connectivity index (χ2n) is 21.4. The molecule has 1 fully saturated rings. The van der Waals surface area contributed by atoms with Crippen LogP contribution in [0.2, 0.25) is 34.8 Å². The van der Waals surface area contributed by atoms with Gasteiger partial charge in [-0.25, -0.2) is 0 Å². The van der Waals surface area contributed by atoms with Crippen molar-refractivity contribution in [2.75, 3.05) is 26.9 Å². The molecule has 352 valence electrons. The molecule has 0 aliphatic heterocycles. The number of allylic oxidation sites excluding steroid dienone is 2. The van der Waals surface area contributed by atoms with Crippen LogP contribution >= 0.6 is 15.9 Å². The van der Waals surface area contributed by atoms with Gasteiger partial charge in [0, 0.05) is 23.4 Å². The maximum atomic E-state index is 14.3. The molecule has 1 saturated carbocycles. The Labute approximate surface area is 385 Å². The van der Waals surface area contributed by atoms with Gasteiger partial charge in [-0.05, 0) is 114 Å². The van der Waals surface area contributed by atoms with Gasteiger partial charge in [-0.1, -0.05) is 143 Å². The highest BCUT2D eigenvalue weighted by Crippen LogP contribution is 2.43. The van der Waals surface area contributed by atoms with E-state index in [0.717, 1.165) is 54.3 Å². The van der Waals surface area contributed by atoms with Gasteiger partial charge in [-0.3, -0.25) is 4.79 Å². The van der Waals surface area contributed by atoms with Gasteiger partial charge in [0.05, 0.1) is 39.5 Å². The number of carbonyl (C=O) groups is 1. The van der Waals surface area contributed by atoms with Crippen LogP contribution in [0.1, 0.15) is 147 Å². The summed E-state index contributed by atoms with van der Waals surface area (Å²) in [5, 5.41) is 9.64. The zero-order valence-electron chi connectivity index (χ0n) is 41.7. The van der Waals surface area contributed by atoms with E-state index in [1.165, 1.54) is 0 Å². The van der Waals surface area contributed by atoms with Gasteiger partial charge in [-0.2, -0.15) is 0 Å². The van der Waals surface area contributed by atoms with E-state index in [-0.39, 0.29) is 48.1 Å². The molecule has 1 aromatic rings. The highest BCUT2D eigenvalue weighted by molar-refractivity contribution is 9.11. The Bertz CT molecular complexity index is 1430. The molecule has 0 bridgehead atoms. The molecule has 1 aliphatic carbocycles. The molecule has 0 radical (unpaired) electrons. The van der Waals surface area contributed by atoms with E-state index in [4.69, 9.17) is 23.1 Å². The van der Waals surface area contributed by atoms with Crippen molar-refractivity contribution >= 4 is 38.5 Å². The molecule has 0 spiro atoms. The number of rotatable bonds is 28. The predicted octanol–water partition coefficient (Wildman–Crippen LogP) is 14.4. The molecular weight excluding hydrogens is 861 g/mol. The van der Waals surface area contributed by atoms with Crippen LogP contribution in [0, 0.1) is 35.5 Å². The first kappa shape index (κ1) is 55.9. The van der Waals surface area contributed by atoms with Crippen LogP contribution in [0.5, 0.6) is 5.75 Å². The largest absolute Gasteiger partial charge is 0.497 e. The zero-order valence-corrected chi connectivity index (χ0v) is 45.2. The van der Waals surface area contributed by atoms with E-state index in [0.29, 0.717) is 66.5 Å². The third kappa shape index (κ3) is 18.3. The van der Waals surface area contributed by atoms with E-state index in [1.54, 1.807) is 7.11 Å². The Balaban J connectivity index is 2.33. The lowest BCUT2D eigenvalue weighted by Gasteiger charge is -2.42. The minimum atomic E-state index is -2.20. The molecule has 0 heterocycles. The third-order valence-electron chi connectivity index (χ3n) is 14.1. The Morgan fingerprint density at radius 3 is 2.03 bits per heavy atom. The summed E-state index contributed by atoms with van der Waals surface area (Å²) in [4.78, 5) is 14.3. The maximum absolute atomic E-state index is 14.3. The summed E-state index contributed by atoms with van der Waals surface area (Å²) in [5.74, 6) is 2.68. The summed E-state index contributed by atoms with van der Waals surface area (Å²) in [7, 11) is -2.51. The normalized spacial score (nSPS) is 20.0. The summed E-state index contributed by atoms with van der Waals surface area (Å²) in [6, 6.07) is 8.05. The Kier molecular flexibility index (Phi) is 24.4. The molecule has 0 aromatic heterocycles. The monoisotopic (exact) mass is 951 g/mol. The van der Waals surface area contributed by atoms with Crippen LogP contribution in [-0.2, 0) is 29.7 Å². The zero-order chi connectivity index (χ0) is 46.1. The first-order valence-electron chi connectivity index (χ1n) is 23.8. The van der Waals surface area contributed by atoms with Crippen molar-refractivity contribution < 1.29 is 33.0 Å². The van der Waals surface area contributed by atoms with Crippen molar-refractivity contribution in [3.63, 3.8) is 0 Å². The molecule has 7 nitrogen and oxygen atoms in total. The number of hydrogen-bond donors (Lipinski definition) is 1. The second kappa shape index (κ2) is 26.6. The van der Waals surface area contributed by atoms with Crippen molar-refractivity contribution in [3.05, 3.63) is 52.5 Å². The van der Waals surface area contributed by atoms with Crippen LogP contribution in [0.25, 0.3) is 0 Å². The van der Waals surface area contributed by atoms with Gasteiger partial charge in [0.1, 0.15) is 11.9 Å². The van der Waals surface area contributed by atoms with Crippen LogP contribution in [0.15, 0.2) is 47.0 Å². The van der Waals surface area contributed by atoms with Crippen LogP contribution < -0.4 is 4.74 Å². The van der Waals surface area contributed by atoms with Crippen molar-refractivity contribution in [3.8, 4) is 5.75 Å². The lowest BCUT2D eigenvalue weighted by molar-refractivity contribution is -0.155. The molecular formula is C51H91BrO7Si2. The number of aliphatic hydroxyl groups excluding tert-OH is 1. The van der Waals surface area contributed by atoms with Gasteiger partial charge in [-0.15, -0.1) is 0 Å². The summed E-state index contributed by atoms with van der Waals surface area (Å²) in [6.45, 7) is 36.2. The lowest BCUT2D eigenvalue weighted by atomic mass is 9.84. The van der Waals surface area contributed by atoms with Gasteiger partial charge >= 0.3 is 5.97 Å². The number of hydrogen-bond acceptors (Lipinski definition) is 7. The molecule has 10 heteroatoms.